The molecule has 12 heavy (non-hydrogen) atoms. The molecule has 1 rings (SSSR count). The van der Waals surface area contributed by atoms with E-state index in [1.54, 1.807) is 12.1 Å². The monoisotopic (exact) mass is 168 g/mol. The van der Waals surface area contributed by atoms with E-state index in [1.807, 2.05) is 0 Å². The molecule has 0 aliphatic rings. The predicted molar refractivity (Wildman–Crippen MR) is 42.1 cm³/mol. The van der Waals surface area contributed by atoms with Crippen LogP contribution in [0.2, 0.25) is 0 Å². The molecular weight excluding hydrogens is 158 g/mol. The van der Waals surface area contributed by atoms with E-state index >= 15 is 0 Å². The number of hydrogen-bond acceptors (Lipinski definition) is 2. The van der Waals surface area contributed by atoms with Gasteiger partial charge in [-0.1, -0.05) is 0 Å². The van der Waals surface area contributed by atoms with Gasteiger partial charge in [0.15, 0.2) is 0 Å². The maximum absolute atomic E-state index is 10.5. The smallest absolute Gasteiger partial charge is 0.337 e. The van der Waals surface area contributed by atoms with Crippen molar-refractivity contribution in [3.8, 4) is 0 Å². The SMILES string of the molecule is [NH3+]C/C(=C\c1ccoc1)C(=O)O. The largest absolute Gasteiger partial charge is 0.478 e. The van der Waals surface area contributed by atoms with E-state index in [1.165, 1.54) is 12.5 Å². The maximum Gasteiger partial charge on any atom is 0.337 e. The highest BCUT2D eigenvalue weighted by Gasteiger charge is 2.06. The van der Waals surface area contributed by atoms with E-state index in [9.17, 15) is 4.79 Å². The summed E-state index contributed by atoms with van der Waals surface area (Å²) in [6, 6.07) is 1.69. The minimum Gasteiger partial charge on any atom is -0.478 e. The van der Waals surface area contributed by atoms with Gasteiger partial charge in [0.25, 0.3) is 0 Å². The van der Waals surface area contributed by atoms with Crippen LogP contribution >= 0.6 is 0 Å². The number of hydrogen-bond donors (Lipinski definition) is 2. The summed E-state index contributed by atoms with van der Waals surface area (Å²) in [7, 11) is 0. The van der Waals surface area contributed by atoms with Gasteiger partial charge in [-0.25, -0.2) is 4.79 Å². The Bertz CT molecular complexity index is 287. The third-order valence-electron chi connectivity index (χ3n) is 1.43. The fraction of sp³-hybridized carbons (Fsp3) is 0.125. The number of aliphatic carboxylic acids is 1. The quantitative estimate of drug-likeness (QED) is 0.623. The van der Waals surface area contributed by atoms with Crippen LogP contribution in [0.25, 0.3) is 6.08 Å². The minimum atomic E-state index is -0.939. The normalized spacial score (nSPS) is 11.6. The van der Waals surface area contributed by atoms with Crippen molar-refractivity contribution < 1.29 is 20.1 Å². The summed E-state index contributed by atoms with van der Waals surface area (Å²) in [6.45, 7) is 0.264. The Balaban J connectivity index is 2.85. The molecule has 4 nitrogen and oxygen atoms in total. The summed E-state index contributed by atoms with van der Waals surface area (Å²) in [5.74, 6) is -0.939. The van der Waals surface area contributed by atoms with Gasteiger partial charge < -0.3 is 15.3 Å². The van der Waals surface area contributed by atoms with Crippen molar-refractivity contribution in [1.29, 1.82) is 0 Å². The third kappa shape index (κ3) is 1.96. The van der Waals surface area contributed by atoms with Crippen LogP contribution in [0.15, 0.2) is 28.6 Å². The van der Waals surface area contributed by atoms with Gasteiger partial charge in [0.2, 0.25) is 0 Å². The standard InChI is InChI=1S/C8H9NO3/c9-4-7(8(10)11)3-6-1-2-12-5-6/h1-3,5H,4,9H2,(H,10,11)/p+1/b7-3+. The lowest BCUT2D eigenvalue weighted by Crippen LogP contribution is -2.52. The lowest BCUT2D eigenvalue weighted by Gasteiger charge is -1.92. The Morgan fingerprint density at radius 3 is 2.92 bits per heavy atom. The van der Waals surface area contributed by atoms with Gasteiger partial charge in [0, 0.05) is 5.56 Å². The van der Waals surface area contributed by atoms with Gasteiger partial charge in [0.1, 0.15) is 6.54 Å². The van der Waals surface area contributed by atoms with Gasteiger partial charge in [-0.15, -0.1) is 0 Å². The number of rotatable bonds is 3. The van der Waals surface area contributed by atoms with Crippen LogP contribution in [0.3, 0.4) is 0 Å². The number of furan rings is 1. The topological polar surface area (TPSA) is 78.1 Å². The van der Waals surface area contributed by atoms with E-state index in [2.05, 4.69) is 5.73 Å². The molecule has 0 saturated carbocycles. The average Bonchev–Trinajstić information content (AvgIpc) is 2.51. The van der Waals surface area contributed by atoms with Crippen LogP contribution in [0.4, 0.5) is 0 Å². The highest BCUT2D eigenvalue weighted by molar-refractivity contribution is 5.92. The van der Waals surface area contributed by atoms with E-state index in [0.29, 0.717) is 0 Å². The first-order valence-electron chi connectivity index (χ1n) is 3.49. The fourth-order valence-corrected chi connectivity index (χ4v) is 0.799. The summed E-state index contributed by atoms with van der Waals surface area (Å²) in [4.78, 5) is 10.5. The highest BCUT2D eigenvalue weighted by atomic mass is 16.4. The third-order valence-corrected chi connectivity index (χ3v) is 1.43. The molecule has 0 amide bonds. The first-order valence-corrected chi connectivity index (χ1v) is 3.49. The van der Waals surface area contributed by atoms with Crippen molar-refractivity contribution in [2.24, 2.45) is 0 Å². The molecular formula is C8H10NO3+. The van der Waals surface area contributed by atoms with Crippen LogP contribution in [0.1, 0.15) is 5.56 Å². The summed E-state index contributed by atoms with van der Waals surface area (Å²) in [5, 5.41) is 8.63. The first kappa shape index (κ1) is 8.55. The highest BCUT2D eigenvalue weighted by Crippen LogP contribution is 2.06. The van der Waals surface area contributed by atoms with Crippen LogP contribution in [-0.2, 0) is 4.79 Å². The maximum atomic E-state index is 10.5. The molecule has 1 aromatic heterocycles. The van der Waals surface area contributed by atoms with Gasteiger partial charge in [0.05, 0.1) is 18.1 Å². The molecule has 0 radical (unpaired) electrons. The second-order valence-corrected chi connectivity index (χ2v) is 2.28. The molecule has 64 valence electrons. The minimum absolute atomic E-state index is 0.264. The lowest BCUT2D eigenvalue weighted by atomic mass is 10.2. The Morgan fingerprint density at radius 1 is 1.75 bits per heavy atom. The van der Waals surface area contributed by atoms with Crippen molar-refractivity contribution in [1.82, 2.24) is 0 Å². The number of carboxylic acids is 1. The molecule has 0 bridgehead atoms. The van der Waals surface area contributed by atoms with Crippen molar-refractivity contribution in [2.45, 2.75) is 0 Å². The molecule has 0 fully saturated rings. The second kappa shape index (κ2) is 3.73. The van der Waals surface area contributed by atoms with Crippen LogP contribution in [-0.4, -0.2) is 17.6 Å². The zero-order valence-corrected chi connectivity index (χ0v) is 6.49. The second-order valence-electron chi connectivity index (χ2n) is 2.28. The molecule has 0 spiro atoms. The van der Waals surface area contributed by atoms with Gasteiger partial charge in [-0.3, -0.25) is 0 Å². The van der Waals surface area contributed by atoms with E-state index in [0.717, 1.165) is 5.56 Å². The Labute approximate surface area is 69.3 Å². The van der Waals surface area contributed by atoms with Crippen LogP contribution < -0.4 is 5.73 Å². The molecule has 1 heterocycles. The number of quaternary nitrogens is 1. The summed E-state index contributed by atoms with van der Waals surface area (Å²) >= 11 is 0. The molecule has 4 heteroatoms. The van der Waals surface area contributed by atoms with Crippen molar-refractivity contribution in [2.75, 3.05) is 6.54 Å². The molecule has 1 aromatic rings. The Hall–Kier alpha value is -1.55. The van der Waals surface area contributed by atoms with Crippen LogP contribution in [0.5, 0.6) is 0 Å². The molecule has 0 unspecified atom stereocenters. The Morgan fingerprint density at radius 2 is 2.50 bits per heavy atom. The van der Waals surface area contributed by atoms with E-state index in [-0.39, 0.29) is 12.1 Å². The average molecular weight is 168 g/mol. The van der Waals surface area contributed by atoms with Gasteiger partial charge in [-0.2, -0.15) is 0 Å². The van der Waals surface area contributed by atoms with Crippen molar-refractivity contribution in [3.05, 3.63) is 29.7 Å². The first-order chi connectivity index (χ1) is 5.74. The molecule has 0 aliphatic heterocycles. The van der Waals surface area contributed by atoms with Crippen molar-refractivity contribution in [3.63, 3.8) is 0 Å². The zero-order valence-electron chi connectivity index (χ0n) is 6.49. The lowest BCUT2D eigenvalue weighted by molar-refractivity contribution is -0.355. The zero-order chi connectivity index (χ0) is 8.97. The molecule has 4 N–H and O–H groups in total. The fourth-order valence-electron chi connectivity index (χ4n) is 0.799. The van der Waals surface area contributed by atoms with E-state index in [4.69, 9.17) is 9.52 Å². The summed E-state index contributed by atoms with van der Waals surface area (Å²) in [5.41, 5.74) is 4.53. The van der Waals surface area contributed by atoms with E-state index < -0.39 is 5.97 Å². The molecule has 0 atom stereocenters. The summed E-state index contributed by atoms with van der Waals surface area (Å²) < 4.78 is 4.78. The molecule has 0 saturated heterocycles. The van der Waals surface area contributed by atoms with Crippen molar-refractivity contribution >= 4 is 12.0 Å². The predicted octanol–water partition coefficient (Wildman–Crippen LogP) is -0.0105. The number of carboxylic acid groups (broad SMARTS) is 1. The summed E-state index contributed by atoms with van der Waals surface area (Å²) in [6.07, 6.45) is 4.52. The van der Waals surface area contributed by atoms with Crippen LogP contribution in [0, 0.1) is 0 Å². The van der Waals surface area contributed by atoms with Gasteiger partial charge in [-0.05, 0) is 12.1 Å². The number of carbonyl (C=O) groups is 1. The Kier molecular flexibility index (Phi) is 2.66. The molecule has 0 aromatic carbocycles. The molecule has 0 aliphatic carbocycles. The van der Waals surface area contributed by atoms with Gasteiger partial charge >= 0.3 is 5.97 Å².